The number of hydrogen-bond donors (Lipinski definition) is 4. The number of hydrogen-bond acceptors (Lipinski definition) is 7. The standard InChI is InChI=1S/C15H13FIN5O4/c16-10-3-8(17)1-2-11(10)20-14-13(15(25)21-26-6-12(23)24)19-5-9-4-18-7-22(9)14/h1-5,7,12,20,23-24H,6H2,(H,21,25). The van der Waals surface area contributed by atoms with Crippen molar-refractivity contribution in [3.05, 3.63) is 52.0 Å². The number of carbonyl (C=O) groups is 1. The van der Waals surface area contributed by atoms with Gasteiger partial charge in [-0.3, -0.25) is 14.0 Å². The summed E-state index contributed by atoms with van der Waals surface area (Å²) in [6.45, 7) is -0.520. The molecule has 0 aliphatic carbocycles. The second-order valence-corrected chi connectivity index (χ2v) is 6.36. The highest BCUT2D eigenvalue weighted by Gasteiger charge is 2.19. The summed E-state index contributed by atoms with van der Waals surface area (Å²) in [6.07, 6.45) is 2.65. The largest absolute Gasteiger partial charge is 0.366 e. The zero-order valence-corrected chi connectivity index (χ0v) is 15.2. The van der Waals surface area contributed by atoms with Crippen LogP contribution in [0.4, 0.5) is 15.9 Å². The second-order valence-electron chi connectivity index (χ2n) is 5.12. The van der Waals surface area contributed by atoms with E-state index < -0.39 is 24.6 Å². The number of imidazole rings is 1. The molecule has 9 nitrogen and oxygen atoms in total. The molecule has 0 aliphatic rings. The van der Waals surface area contributed by atoms with Gasteiger partial charge < -0.3 is 15.5 Å². The molecule has 136 valence electrons. The highest BCUT2D eigenvalue weighted by atomic mass is 127. The van der Waals surface area contributed by atoms with Crippen molar-refractivity contribution in [1.29, 1.82) is 0 Å². The molecule has 3 aromatic rings. The van der Waals surface area contributed by atoms with E-state index in [-0.39, 0.29) is 17.2 Å². The maximum Gasteiger partial charge on any atom is 0.297 e. The van der Waals surface area contributed by atoms with Crippen molar-refractivity contribution in [2.75, 3.05) is 11.9 Å². The number of benzene rings is 1. The summed E-state index contributed by atoms with van der Waals surface area (Å²) in [6, 6.07) is 4.59. The van der Waals surface area contributed by atoms with Crippen LogP contribution in [0.15, 0.2) is 36.9 Å². The molecular weight excluding hydrogens is 460 g/mol. The molecule has 0 saturated carbocycles. The Bertz CT molecular complexity index is 949. The average Bonchev–Trinajstić information content (AvgIpc) is 3.06. The van der Waals surface area contributed by atoms with Gasteiger partial charge in [-0.15, -0.1) is 0 Å². The van der Waals surface area contributed by atoms with Crippen molar-refractivity contribution in [3.8, 4) is 0 Å². The first kappa shape index (κ1) is 18.4. The van der Waals surface area contributed by atoms with Crippen LogP contribution in [0.2, 0.25) is 0 Å². The molecule has 0 fully saturated rings. The van der Waals surface area contributed by atoms with Crippen molar-refractivity contribution in [1.82, 2.24) is 19.8 Å². The van der Waals surface area contributed by atoms with Crippen molar-refractivity contribution in [2.45, 2.75) is 6.29 Å². The number of rotatable bonds is 6. The Hall–Kier alpha value is -2.35. The van der Waals surface area contributed by atoms with E-state index in [0.717, 1.165) is 3.57 Å². The molecule has 4 N–H and O–H groups in total. The van der Waals surface area contributed by atoms with Gasteiger partial charge in [0.15, 0.2) is 12.0 Å². The van der Waals surface area contributed by atoms with Gasteiger partial charge in [-0.05, 0) is 40.8 Å². The molecule has 11 heteroatoms. The van der Waals surface area contributed by atoms with E-state index >= 15 is 0 Å². The van der Waals surface area contributed by atoms with E-state index in [9.17, 15) is 9.18 Å². The topological polar surface area (TPSA) is 121 Å². The smallest absolute Gasteiger partial charge is 0.297 e. The van der Waals surface area contributed by atoms with Crippen LogP contribution in [0.5, 0.6) is 0 Å². The number of anilines is 2. The van der Waals surface area contributed by atoms with Gasteiger partial charge in [0.05, 0.1) is 23.6 Å². The van der Waals surface area contributed by atoms with Gasteiger partial charge in [0, 0.05) is 3.57 Å². The zero-order valence-electron chi connectivity index (χ0n) is 13.1. The molecule has 0 saturated heterocycles. The summed E-state index contributed by atoms with van der Waals surface area (Å²) in [5.74, 6) is -1.08. The Morgan fingerprint density at radius 2 is 2.19 bits per heavy atom. The molecule has 1 amide bonds. The average molecular weight is 473 g/mol. The van der Waals surface area contributed by atoms with E-state index in [1.54, 1.807) is 6.07 Å². The first-order valence-electron chi connectivity index (χ1n) is 7.27. The summed E-state index contributed by atoms with van der Waals surface area (Å²) in [5, 5.41) is 20.3. The Morgan fingerprint density at radius 1 is 1.38 bits per heavy atom. The third kappa shape index (κ3) is 4.07. The fraction of sp³-hybridized carbons (Fsp3) is 0.133. The number of carbonyl (C=O) groups excluding carboxylic acids is 1. The number of fused-ring (bicyclic) bond motifs is 1. The van der Waals surface area contributed by atoms with Crippen LogP contribution < -0.4 is 10.8 Å². The highest BCUT2D eigenvalue weighted by molar-refractivity contribution is 14.1. The number of amides is 1. The molecule has 0 bridgehead atoms. The summed E-state index contributed by atoms with van der Waals surface area (Å²) in [4.78, 5) is 25.0. The van der Waals surface area contributed by atoms with Gasteiger partial charge in [0.2, 0.25) is 0 Å². The Balaban J connectivity index is 1.96. The molecule has 0 spiro atoms. The van der Waals surface area contributed by atoms with Crippen LogP contribution in [0.25, 0.3) is 5.52 Å². The van der Waals surface area contributed by atoms with Crippen LogP contribution in [-0.4, -0.2) is 43.4 Å². The molecule has 2 aromatic heterocycles. The molecule has 0 radical (unpaired) electrons. The molecule has 26 heavy (non-hydrogen) atoms. The van der Waals surface area contributed by atoms with Gasteiger partial charge in [0.25, 0.3) is 5.91 Å². The maximum absolute atomic E-state index is 14.2. The van der Waals surface area contributed by atoms with Gasteiger partial charge in [-0.1, -0.05) is 0 Å². The zero-order chi connectivity index (χ0) is 18.7. The molecular formula is C15H13FIN5O4. The van der Waals surface area contributed by atoms with Gasteiger partial charge in [-0.2, -0.15) is 0 Å². The fourth-order valence-corrected chi connectivity index (χ4v) is 2.58. The lowest BCUT2D eigenvalue weighted by Gasteiger charge is -2.14. The van der Waals surface area contributed by atoms with E-state index in [4.69, 9.17) is 10.2 Å². The maximum atomic E-state index is 14.2. The summed E-state index contributed by atoms with van der Waals surface area (Å²) < 4.78 is 16.4. The van der Waals surface area contributed by atoms with Crippen LogP contribution >= 0.6 is 22.6 Å². The fourth-order valence-electron chi connectivity index (χ4n) is 2.13. The number of aliphatic hydroxyl groups excluding tert-OH is 1. The first-order chi connectivity index (χ1) is 12.5. The quantitative estimate of drug-likeness (QED) is 0.241. The SMILES string of the molecule is O=C(NOCC(O)O)c1ncc2cncn2c1Nc1ccc(I)cc1F. The van der Waals surface area contributed by atoms with E-state index in [0.29, 0.717) is 5.52 Å². The van der Waals surface area contributed by atoms with Crippen LogP contribution in [0.1, 0.15) is 10.5 Å². The summed E-state index contributed by atoms with van der Waals surface area (Å²) in [5.41, 5.74) is 2.68. The number of nitrogens with zero attached hydrogens (tertiary/aromatic N) is 3. The van der Waals surface area contributed by atoms with Gasteiger partial charge >= 0.3 is 0 Å². The van der Waals surface area contributed by atoms with Gasteiger partial charge in [-0.25, -0.2) is 19.8 Å². The van der Waals surface area contributed by atoms with Crippen LogP contribution in [-0.2, 0) is 4.84 Å². The Morgan fingerprint density at radius 3 is 2.92 bits per heavy atom. The van der Waals surface area contributed by atoms with Crippen molar-refractivity contribution < 1.29 is 24.2 Å². The molecule has 1 aromatic carbocycles. The van der Waals surface area contributed by atoms with Gasteiger partial charge in [0.1, 0.15) is 24.6 Å². The third-order valence-corrected chi connectivity index (χ3v) is 3.93. The molecule has 2 heterocycles. The van der Waals surface area contributed by atoms with E-state index in [2.05, 4.69) is 20.1 Å². The third-order valence-electron chi connectivity index (χ3n) is 3.25. The predicted molar refractivity (Wildman–Crippen MR) is 97.0 cm³/mol. The summed E-state index contributed by atoms with van der Waals surface area (Å²) >= 11 is 1.99. The second kappa shape index (κ2) is 7.90. The van der Waals surface area contributed by atoms with Crippen molar-refractivity contribution in [2.24, 2.45) is 0 Å². The predicted octanol–water partition coefficient (Wildman–Crippen LogP) is 1.19. The number of halogens is 2. The number of hydroxylamine groups is 1. The lowest BCUT2D eigenvalue weighted by Crippen LogP contribution is -2.29. The first-order valence-corrected chi connectivity index (χ1v) is 8.35. The minimum Gasteiger partial charge on any atom is -0.366 e. The Kier molecular flexibility index (Phi) is 5.61. The molecule has 0 unspecified atom stereocenters. The van der Waals surface area contributed by atoms with Crippen LogP contribution in [0, 0.1) is 9.39 Å². The number of aliphatic hydroxyl groups is 2. The normalized spacial score (nSPS) is 11.1. The number of nitrogens with one attached hydrogen (secondary N) is 2. The van der Waals surface area contributed by atoms with E-state index in [1.807, 2.05) is 28.1 Å². The van der Waals surface area contributed by atoms with Crippen molar-refractivity contribution >= 4 is 45.5 Å². The summed E-state index contributed by atoms with van der Waals surface area (Å²) in [7, 11) is 0. The minimum absolute atomic E-state index is 0.0964. The Labute approximate surface area is 159 Å². The van der Waals surface area contributed by atoms with E-state index in [1.165, 1.54) is 35.3 Å². The number of aromatic nitrogens is 3. The van der Waals surface area contributed by atoms with Crippen molar-refractivity contribution in [3.63, 3.8) is 0 Å². The van der Waals surface area contributed by atoms with Crippen LogP contribution in [0.3, 0.4) is 0 Å². The monoisotopic (exact) mass is 473 g/mol. The lowest BCUT2D eigenvalue weighted by molar-refractivity contribution is -0.111. The molecule has 0 atom stereocenters. The minimum atomic E-state index is -1.74. The molecule has 0 aliphatic heterocycles. The molecule has 3 rings (SSSR count). The highest BCUT2D eigenvalue weighted by Crippen LogP contribution is 2.24. The lowest BCUT2D eigenvalue weighted by atomic mass is 10.3.